The number of amides is 3. The van der Waals surface area contributed by atoms with Gasteiger partial charge in [0.2, 0.25) is 11.8 Å². The standard InChI is InChI=1S/C32H36N4O6/c37-17-27(38)25(14-20-12-13-33-30(20)39)35-31(40)29-22-9-4-8-21(22)16-36(29)32(41)26-15-23-24(34-26)10-5-11-28(23)42-18-19-6-2-1-3-7-19/h1-3,5-7,10-11,15,20-22,25,29,34,37H,4,8-9,12-14,16-18H2,(H,33,39)(H,35,40)/t20-,21-,22-,25-,29-/m0/s1. The second-order valence-corrected chi connectivity index (χ2v) is 11.6. The van der Waals surface area contributed by atoms with Crippen molar-refractivity contribution in [3.63, 3.8) is 0 Å². The van der Waals surface area contributed by atoms with E-state index in [2.05, 4.69) is 15.6 Å². The predicted octanol–water partition coefficient (Wildman–Crippen LogP) is 2.56. The summed E-state index contributed by atoms with van der Waals surface area (Å²) >= 11 is 0. The Labute approximate surface area is 243 Å². The molecular weight excluding hydrogens is 536 g/mol. The van der Waals surface area contributed by atoms with Gasteiger partial charge in [0.25, 0.3) is 5.91 Å². The number of aromatic amines is 1. The van der Waals surface area contributed by atoms with Crippen molar-refractivity contribution in [3.8, 4) is 5.75 Å². The number of aliphatic hydroxyl groups excluding tert-OH is 1. The topological polar surface area (TPSA) is 141 Å². The van der Waals surface area contributed by atoms with Crippen molar-refractivity contribution in [2.24, 2.45) is 17.8 Å². The number of aliphatic hydroxyl groups is 1. The smallest absolute Gasteiger partial charge is 0.271 e. The average Bonchev–Trinajstić information content (AvgIpc) is 3.79. The molecule has 1 saturated carbocycles. The summed E-state index contributed by atoms with van der Waals surface area (Å²) in [6, 6.07) is 15.5. The highest BCUT2D eigenvalue weighted by Gasteiger charge is 2.50. The molecule has 3 heterocycles. The third-order valence-corrected chi connectivity index (χ3v) is 9.06. The first kappa shape index (κ1) is 28.0. The van der Waals surface area contributed by atoms with Gasteiger partial charge in [-0.3, -0.25) is 19.2 Å². The minimum absolute atomic E-state index is 0.0113. The monoisotopic (exact) mass is 572 g/mol. The van der Waals surface area contributed by atoms with Crippen LogP contribution < -0.4 is 15.4 Å². The van der Waals surface area contributed by atoms with Crippen LogP contribution in [0.15, 0.2) is 54.6 Å². The highest BCUT2D eigenvalue weighted by atomic mass is 16.5. The van der Waals surface area contributed by atoms with Gasteiger partial charge in [0, 0.05) is 29.9 Å². The molecule has 1 aliphatic carbocycles. The van der Waals surface area contributed by atoms with Gasteiger partial charge in [-0.25, -0.2) is 0 Å². The number of hydrogen-bond acceptors (Lipinski definition) is 6. The Hall–Kier alpha value is -4.18. The normalized spacial score (nSPS) is 23.9. The molecule has 10 heteroatoms. The third-order valence-electron chi connectivity index (χ3n) is 9.06. The van der Waals surface area contributed by atoms with E-state index in [1.807, 2.05) is 48.5 Å². The van der Waals surface area contributed by atoms with E-state index in [0.29, 0.717) is 37.6 Å². The largest absolute Gasteiger partial charge is 0.488 e. The van der Waals surface area contributed by atoms with Crippen molar-refractivity contribution in [1.82, 2.24) is 20.5 Å². The lowest BCUT2D eigenvalue weighted by molar-refractivity contribution is -0.133. The SMILES string of the molecule is O=C1NCC[C@H]1C[C@H](NC(=O)[C@@H]1[C@H]2CCC[C@H]2CN1C(=O)c1cc2c(OCc3ccccc3)cccc2[nH]1)C(=O)CO. The van der Waals surface area contributed by atoms with Gasteiger partial charge in [-0.15, -0.1) is 0 Å². The maximum Gasteiger partial charge on any atom is 0.271 e. The van der Waals surface area contributed by atoms with Crippen LogP contribution in [0, 0.1) is 17.8 Å². The number of benzene rings is 2. The van der Waals surface area contributed by atoms with E-state index in [4.69, 9.17) is 4.74 Å². The highest BCUT2D eigenvalue weighted by molar-refractivity contribution is 6.02. The van der Waals surface area contributed by atoms with Gasteiger partial charge in [0.1, 0.15) is 30.7 Å². The van der Waals surface area contributed by atoms with Crippen molar-refractivity contribution in [2.75, 3.05) is 19.7 Å². The van der Waals surface area contributed by atoms with Crippen molar-refractivity contribution >= 4 is 34.4 Å². The lowest BCUT2D eigenvalue weighted by atomic mass is 9.92. The number of carbonyl (C=O) groups excluding carboxylic acids is 4. The lowest BCUT2D eigenvalue weighted by Crippen LogP contribution is -2.53. The molecule has 0 unspecified atom stereocenters. The fraction of sp³-hybridized carbons (Fsp3) is 0.438. The summed E-state index contributed by atoms with van der Waals surface area (Å²) in [4.78, 5) is 57.4. The van der Waals surface area contributed by atoms with Gasteiger partial charge in [-0.2, -0.15) is 0 Å². The van der Waals surface area contributed by atoms with Crippen LogP contribution in [0.25, 0.3) is 10.9 Å². The zero-order valence-corrected chi connectivity index (χ0v) is 23.4. The van der Waals surface area contributed by atoms with Crippen LogP contribution in [0.5, 0.6) is 5.75 Å². The fourth-order valence-electron chi connectivity index (χ4n) is 6.90. The highest BCUT2D eigenvalue weighted by Crippen LogP contribution is 2.43. The second-order valence-electron chi connectivity index (χ2n) is 11.6. The van der Waals surface area contributed by atoms with Gasteiger partial charge < -0.3 is 30.4 Å². The van der Waals surface area contributed by atoms with Crippen LogP contribution >= 0.6 is 0 Å². The van der Waals surface area contributed by atoms with Gasteiger partial charge in [0.15, 0.2) is 5.78 Å². The number of Topliss-reactive ketones (excluding diaryl/α,β-unsaturated/α-hetero) is 1. The number of ether oxygens (including phenoxy) is 1. The zero-order valence-electron chi connectivity index (χ0n) is 23.4. The summed E-state index contributed by atoms with van der Waals surface area (Å²) in [5, 5.41) is 15.9. The van der Waals surface area contributed by atoms with Gasteiger partial charge in [0.05, 0.1) is 6.04 Å². The van der Waals surface area contributed by atoms with E-state index in [1.54, 1.807) is 11.0 Å². The number of rotatable bonds is 10. The molecule has 0 spiro atoms. The van der Waals surface area contributed by atoms with Crippen LogP contribution in [-0.4, -0.2) is 70.3 Å². The molecule has 0 bridgehead atoms. The van der Waals surface area contributed by atoms with Crippen LogP contribution in [0.2, 0.25) is 0 Å². The molecule has 5 atom stereocenters. The van der Waals surface area contributed by atoms with Crippen molar-refractivity contribution in [1.29, 1.82) is 0 Å². The van der Waals surface area contributed by atoms with Gasteiger partial charge in [-0.1, -0.05) is 42.8 Å². The summed E-state index contributed by atoms with van der Waals surface area (Å²) in [7, 11) is 0. The quantitative estimate of drug-likeness (QED) is 0.294. The maximum atomic E-state index is 14.0. The zero-order chi connectivity index (χ0) is 29.2. The fourth-order valence-corrected chi connectivity index (χ4v) is 6.90. The minimum Gasteiger partial charge on any atom is -0.488 e. The Balaban J connectivity index is 1.22. The Morgan fingerprint density at radius 3 is 2.67 bits per heavy atom. The Kier molecular flexibility index (Phi) is 7.97. The molecule has 1 aromatic heterocycles. The Bertz CT molecular complexity index is 1490. The van der Waals surface area contributed by atoms with Crippen molar-refractivity contribution < 1.29 is 29.0 Å². The number of hydrogen-bond donors (Lipinski definition) is 4. The lowest BCUT2D eigenvalue weighted by Gasteiger charge is -2.29. The van der Waals surface area contributed by atoms with Crippen LogP contribution in [0.1, 0.15) is 48.2 Å². The summed E-state index contributed by atoms with van der Waals surface area (Å²) in [6.45, 7) is 0.637. The molecular formula is C32H36N4O6. The van der Waals surface area contributed by atoms with E-state index in [0.717, 1.165) is 35.7 Å². The predicted molar refractivity (Wildman–Crippen MR) is 154 cm³/mol. The molecule has 6 rings (SSSR count). The maximum absolute atomic E-state index is 14.0. The van der Waals surface area contributed by atoms with Crippen LogP contribution in [0.3, 0.4) is 0 Å². The third kappa shape index (κ3) is 5.51. The average molecular weight is 573 g/mol. The molecule has 0 radical (unpaired) electrons. The number of ketones is 1. The Morgan fingerprint density at radius 2 is 1.90 bits per heavy atom. The number of nitrogens with one attached hydrogen (secondary N) is 3. The van der Waals surface area contributed by atoms with Crippen LogP contribution in [0.4, 0.5) is 0 Å². The van der Waals surface area contributed by atoms with Gasteiger partial charge in [-0.05, 0) is 61.3 Å². The van der Waals surface area contributed by atoms with E-state index >= 15 is 0 Å². The van der Waals surface area contributed by atoms with E-state index in [-0.39, 0.29) is 30.1 Å². The first-order valence-electron chi connectivity index (χ1n) is 14.7. The van der Waals surface area contributed by atoms with Crippen molar-refractivity contribution in [3.05, 3.63) is 65.9 Å². The molecule has 42 heavy (non-hydrogen) atoms. The van der Waals surface area contributed by atoms with Crippen molar-refractivity contribution in [2.45, 2.75) is 50.8 Å². The minimum atomic E-state index is -0.994. The number of nitrogens with zero attached hydrogens (tertiary/aromatic N) is 1. The van der Waals surface area contributed by atoms with E-state index < -0.39 is 36.3 Å². The van der Waals surface area contributed by atoms with Crippen LogP contribution in [-0.2, 0) is 21.0 Å². The first-order valence-corrected chi connectivity index (χ1v) is 14.7. The summed E-state index contributed by atoms with van der Waals surface area (Å²) in [5.41, 5.74) is 2.15. The Morgan fingerprint density at radius 1 is 1.07 bits per heavy atom. The number of H-pyrrole nitrogens is 1. The number of fused-ring (bicyclic) bond motifs is 2. The summed E-state index contributed by atoms with van der Waals surface area (Å²) < 4.78 is 6.09. The van der Waals surface area contributed by atoms with E-state index in [1.165, 1.54) is 0 Å². The molecule has 3 aliphatic rings. The first-order chi connectivity index (χ1) is 20.4. The molecule has 4 N–H and O–H groups in total. The molecule has 3 amide bonds. The molecule has 2 aromatic carbocycles. The second kappa shape index (κ2) is 12.0. The van der Waals surface area contributed by atoms with Gasteiger partial charge >= 0.3 is 0 Å². The molecule has 3 aromatic rings. The molecule has 2 saturated heterocycles. The molecule has 2 aliphatic heterocycles. The molecule has 10 nitrogen and oxygen atoms in total. The van der Waals surface area contributed by atoms with E-state index in [9.17, 15) is 24.3 Å². The summed E-state index contributed by atoms with van der Waals surface area (Å²) in [5.74, 6) is -0.952. The number of carbonyl (C=O) groups is 4. The molecule has 220 valence electrons. The number of likely N-dealkylation sites (tertiary alicyclic amines) is 1. The number of aromatic nitrogens is 1. The summed E-state index contributed by atoms with van der Waals surface area (Å²) in [6.07, 6.45) is 3.43. The molecule has 3 fully saturated rings.